The van der Waals surface area contributed by atoms with Crippen LogP contribution in [0.15, 0.2) is 22.7 Å². The van der Waals surface area contributed by atoms with Gasteiger partial charge in [0.25, 0.3) is 0 Å². The van der Waals surface area contributed by atoms with Gasteiger partial charge in [-0.3, -0.25) is 5.11 Å². The van der Waals surface area contributed by atoms with E-state index >= 15 is 0 Å². The highest BCUT2D eigenvalue weighted by molar-refractivity contribution is 9.10. The summed E-state index contributed by atoms with van der Waals surface area (Å²) in [6.07, 6.45) is 0. The minimum absolute atomic E-state index is 0.0810. The molecule has 0 aromatic heterocycles. The van der Waals surface area contributed by atoms with Crippen LogP contribution >= 0.6 is 27.5 Å². The van der Waals surface area contributed by atoms with E-state index in [1.807, 2.05) is 0 Å². The van der Waals surface area contributed by atoms with Crippen LogP contribution in [0.25, 0.3) is 0 Å². The van der Waals surface area contributed by atoms with E-state index in [-0.39, 0.29) is 5.75 Å². The van der Waals surface area contributed by atoms with Crippen LogP contribution in [0.5, 0.6) is 5.75 Å². The van der Waals surface area contributed by atoms with Crippen LogP contribution in [-0.2, 0) is 5.11 Å². The SMILES string of the molecule is [O]c1cccc(Cl)c1Br. The standard InChI is InChI=1S/C6H3BrClO/c7-6-4(8)2-1-3-5(6)9/h1-3H. The van der Waals surface area contributed by atoms with Crippen LogP contribution in [0.4, 0.5) is 0 Å². The molecule has 1 nitrogen and oxygen atoms in total. The fourth-order valence-electron chi connectivity index (χ4n) is 0.484. The zero-order valence-corrected chi connectivity index (χ0v) is 6.74. The van der Waals surface area contributed by atoms with Crippen molar-refractivity contribution in [3.05, 3.63) is 27.7 Å². The highest BCUT2D eigenvalue weighted by atomic mass is 79.9. The normalized spacial score (nSPS) is 9.56. The average Bonchev–Trinajstić information content (AvgIpc) is 1.83. The molecule has 1 aromatic rings. The predicted molar refractivity (Wildman–Crippen MR) is 39.3 cm³/mol. The lowest BCUT2D eigenvalue weighted by Crippen LogP contribution is -1.66. The molecule has 1 rings (SSSR count). The van der Waals surface area contributed by atoms with Gasteiger partial charge < -0.3 is 0 Å². The van der Waals surface area contributed by atoms with Gasteiger partial charge >= 0.3 is 0 Å². The first kappa shape index (κ1) is 6.90. The number of rotatable bonds is 0. The zero-order valence-electron chi connectivity index (χ0n) is 4.40. The molecule has 9 heavy (non-hydrogen) atoms. The van der Waals surface area contributed by atoms with E-state index in [4.69, 9.17) is 11.6 Å². The molecular weight excluding hydrogens is 203 g/mol. The van der Waals surface area contributed by atoms with Crippen LogP contribution in [0, 0.1) is 0 Å². The Kier molecular flexibility index (Phi) is 1.98. The summed E-state index contributed by atoms with van der Waals surface area (Å²) >= 11 is 8.60. The molecule has 0 aliphatic carbocycles. The lowest BCUT2D eigenvalue weighted by Gasteiger charge is -1.92. The molecule has 0 saturated carbocycles. The number of benzene rings is 1. The molecule has 0 unspecified atom stereocenters. The smallest absolute Gasteiger partial charge is 0.194 e. The molecule has 0 heterocycles. The molecule has 1 radical (unpaired) electrons. The van der Waals surface area contributed by atoms with Gasteiger partial charge in [0.2, 0.25) is 0 Å². The molecular formula is C6H3BrClO. The molecule has 0 spiro atoms. The fourth-order valence-corrected chi connectivity index (χ4v) is 0.914. The van der Waals surface area contributed by atoms with Gasteiger partial charge in [0, 0.05) is 0 Å². The Morgan fingerprint density at radius 3 is 2.56 bits per heavy atom. The first-order chi connectivity index (χ1) is 4.22. The van der Waals surface area contributed by atoms with Crippen molar-refractivity contribution < 1.29 is 5.11 Å². The first-order valence-electron chi connectivity index (χ1n) is 2.33. The Morgan fingerprint density at radius 1 is 1.44 bits per heavy atom. The Morgan fingerprint density at radius 2 is 2.11 bits per heavy atom. The maximum atomic E-state index is 10.7. The summed E-state index contributed by atoms with van der Waals surface area (Å²) in [4.78, 5) is 0. The van der Waals surface area contributed by atoms with Gasteiger partial charge in [-0.05, 0) is 28.1 Å². The van der Waals surface area contributed by atoms with Crippen LogP contribution in [0.2, 0.25) is 5.02 Å². The van der Waals surface area contributed by atoms with Gasteiger partial charge in [-0.25, -0.2) is 0 Å². The number of halogens is 2. The first-order valence-corrected chi connectivity index (χ1v) is 3.50. The maximum absolute atomic E-state index is 10.7. The second kappa shape index (κ2) is 2.58. The van der Waals surface area contributed by atoms with E-state index in [1.165, 1.54) is 6.07 Å². The van der Waals surface area contributed by atoms with Crippen molar-refractivity contribution in [1.82, 2.24) is 0 Å². The Balaban J connectivity index is 3.25. The Bertz CT molecular complexity index is 204. The third-order valence-corrected chi connectivity index (χ3v) is 2.28. The maximum Gasteiger partial charge on any atom is 0.194 e. The van der Waals surface area contributed by atoms with Crippen LogP contribution in [0.1, 0.15) is 0 Å². The van der Waals surface area contributed by atoms with Crippen molar-refractivity contribution in [3.63, 3.8) is 0 Å². The Labute approximate surface area is 66.4 Å². The number of hydrogen-bond acceptors (Lipinski definition) is 0. The molecule has 47 valence electrons. The minimum Gasteiger partial charge on any atom is -0.289 e. The van der Waals surface area contributed by atoms with E-state index < -0.39 is 0 Å². The monoisotopic (exact) mass is 205 g/mol. The topological polar surface area (TPSA) is 19.9 Å². The van der Waals surface area contributed by atoms with Gasteiger partial charge in [-0.15, -0.1) is 0 Å². The molecule has 0 N–H and O–H groups in total. The minimum atomic E-state index is -0.0810. The van der Waals surface area contributed by atoms with Gasteiger partial charge in [0.1, 0.15) is 0 Å². The fraction of sp³-hybridized carbons (Fsp3) is 0. The molecule has 0 fully saturated rings. The van der Waals surface area contributed by atoms with E-state index in [0.717, 1.165) is 0 Å². The number of hydrogen-bond donors (Lipinski definition) is 0. The van der Waals surface area contributed by atoms with Crippen molar-refractivity contribution in [2.75, 3.05) is 0 Å². The van der Waals surface area contributed by atoms with Crippen LogP contribution in [-0.4, -0.2) is 0 Å². The summed E-state index contributed by atoms with van der Waals surface area (Å²) in [5.41, 5.74) is 0. The predicted octanol–water partition coefficient (Wildman–Crippen LogP) is 3.25. The lowest BCUT2D eigenvalue weighted by atomic mass is 10.3. The van der Waals surface area contributed by atoms with Crippen molar-refractivity contribution in [3.8, 4) is 5.75 Å². The van der Waals surface area contributed by atoms with Crippen molar-refractivity contribution in [2.45, 2.75) is 0 Å². The van der Waals surface area contributed by atoms with Crippen LogP contribution < -0.4 is 0 Å². The summed E-state index contributed by atoms with van der Waals surface area (Å²) in [5, 5.41) is 11.2. The molecule has 3 heteroatoms. The van der Waals surface area contributed by atoms with Crippen molar-refractivity contribution in [1.29, 1.82) is 0 Å². The molecule has 0 saturated heterocycles. The summed E-state index contributed by atoms with van der Waals surface area (Å²) in [5.74, 6) is -0.0810. The summed E-state index contributed by atoms with van der Waals surface area (Å²) in [6, 6.07) is 4.73. The molecule has 0 aliphatic rings. The summed E-state index contributed by atoms with van der Waals surface area (Å²) < 4.78 is 0.437. The molecule has 0 bridgehead atoms. The third-order valence-electron chi connectivity index (χ3n) is 0.916. The lowest BCUT2D eigenvalue weighted by molar-refractivity contribution is 0.352. The summed E-state index contributed by atoms with van der Waals surface area (Å²) in [6.45, 7) is 0. The Hall–Kier alpha value is -0.210. The quantitative estimate of drug-likeness (QED) is 0.621. The second-order valence-electron chi connectivity index (χ2n) is 1.55. The van der Waals surface area contributed by atoms with Crippen molar-refractivity contribution in [2.24, 2.45) is 0 Å². The second-order valence-corrected chi connectivity index (χ2v) is 2.75. The summed E-state index contributed by atoms with van der Waals surface area (Å²) in [7, 11) is 0. The van der Waals surface area contributed by atoms with E-state index in [9.17, 15) is 5.11 Å². The van der Waals surface area contributed by atoms with E-state index in [0.29, 0.717) is 9.50 Å². The molecule has 0 aliphatic heterocycles. The molecule has 0 amide bonds. The molecule has 1 aromatic carbocycles. The van der Waals surface area contributed by atoms with Gasteiger partial charge in [0.05, 0.1) is 9.50 Å². The highest BCUT2D eigenvalue weighted by Gasteiger charge is 2.01. The van der Waals surface area contributed by atoms with E-state index in [2.05, 4.69) is 15.9 Å². The van der Waals surface area contributed by atoms with E-state index in [1.54, 1.807) is 12.1 Å². The van der Waals surface area contributed by atoms with Gasteiger partial charge in [-0.2, -0.15) is 0 Å². The van der Waals surface area contributed by atoms with Gasteiger partial charge in [0.15, 0.2) is 5.75 Å². The zero-order chi connectivity index (χ0) is 6.85. The largest absolute Gasteiger partial charge is 0.289 e. The average molecular weight is 206 g/mol. The van der Waals surface area contributed by atoms with Crippen molar-refractivity contribution >= 4 is 27.5 Å². The molecule has 0 atom stereocenters. The van der Waals surface area contributed by atoms with Crippen LogP contribution in [0.3, 0.4) is 0 Å². The highest BCUT2D eigenvalue weighted by Crippen LogP contribution is 2.30. The third kappa shape index (κ3) is 1.37. The van der Waals surface area contributed by atoms with Gasteiger partial charge in [-0.1, -0.05) is 17.7 Å².